The second-order valence-electron chi connectivity index (χ2n) is 5.87. The van der Waals surface area contributed by atoms with Crippen molar-refractivity contribution in [2.45, 2.75) is 24.0 Å². The largest absolute Gasteiger partial charge is 0.385 e. The highest BCUT2D eigenvalue weighted by Crippen LogP contribution is 2.48. The molecule has 2 heterocycles. The van der Waals surface area contributed by atoms with E-state index in [0.29, 0.717) is 45.2 Å². The summed E-state index contributed by atoms with van der Waals surface area (Å²) in [5.41, 5.74) is 0. The number of ether oxygens (including phenoxy) is 1. The summed E-state index contributed by atoms with van der Waals surface area (Å²) < 4.78 is 31.8. The van der Waals surface area contributed by atoms with Crippen LogP contribution in [0.1, 0.15) is 19.3 Å². The van der Waals surface area contributed by atoms with E-state index in [0.717, 1.165) is 12.8 Å². The number of sulfonamides is 1. The Hall–Kier alpha value is -1.25. The van der Waals surface area contributed by atoms with Crippen molar-refractivity contribution in [2.75, 3.05) is 44.8 Å². The molecule has 1 aliphatic heterocycles. The fourth-order valence-corrected chi connectivity index (χ4v) is 5.07. The molecule has 1 aliphatic carbocycles. The minimum atomic E-state index is -3.24. The zero-order valence-corrected chi connectivity index (χ0v) is 13.6. The first-order chi connectivity index (χ1) is 10.6. The molecule has 2 fully saturated rings. The van der Waals surface area contributed by atoms with Crippen LogP contribution < -0.4 is 4.90 Å². The number of hydrogen-bond acceptors (Lipinski definition) is 6. The topological polar surface area (TPSA) is 75.6 Å². The monoisotopic (exact) mass is 326 g/mol. The van der Waals surface area contributed by atoms with Gasteiger partial charge in [-0.05, 0) is 25.3 Å². The molecule has 1 saturated heterocycles. The molecule has 1 aromatic rings. The van der Waals surface area contributed by atoms with Crippen molar-refractivity contribution in [3.8, 4) is 0 Å². The highest BCUT2D eigenvalue weighted by Gasteiger charge is 2.56. The van der Waals surface area contributed by atoms with Gasteiger partial charge < -0.3 is 9.64 Å². The Morgan fingerprint density at radius 3 is 2.36 bits per heavy atom. The van der Waals surface area contributed by atoms with Gasteiger partial charge in [0.1, 0.15) is 0 Å². The third-order valence-electron chi connectivity index (χ3n) is 4.53. The second-order valence-corrected chi connectivity index (χ2v) is 8.20. The Bertz CT molecular complexity index is 596. The zero-order chi connectivity index (χ0) is 15.6. The Morgan fingerprint density at radius 1 is 1.18 bits per heavy atom. The van der Waals surface area contributed by atoms with Crippen LogP contribution in [-0.2, 0) is 14.8 Å². The van der Waals surface area contributed by atoms with Crippen LogP contribution >= 0.6 is 0 Å². The minimum absolute atomic E-state index is 0.495. The van der Waals surface area contributed by atoms with Crippen molar-refractivity contribution in [1.82, 2.24) is 14.3 Å². The van der Waals surface area contributed by atoms with Crippen LogP contribution in [-0.4, -0.2) is 67.3 Å². The van der Waals surface area contributed by atoms with Gasteiger partial charge in [-0.2, -0.15) is 4.31 Å². The molecule has 0 N–H and O–H groups in total. The molecule has 22 heavy (non-hydrogen) atoms. The standard InChI is InChI=1S/C14H22N4O3S/c1-21-12-5-14(3-4-14)22(19,20)18-10-8-17(9-11-18)13-15-6-2-7-16-13/h2,6-7H,3-5,8-12H2,1H3. The van der Waals surface area contributed by atoms with Crippen molar-refractivity contribution in [2.24, 2.45) is 0 Å². The number of hydrogen-bond donors (Lipinski definition) is 0. The number of aromatic nitrogens is 2. The van der Waals surface area contributed by atoms with Gasteiger partial charge in [-0.1, -0.05) is 0 Å². The maximum atomic E-state index is 12.8. The van der Waals surface area contributed by atoms with Crippen molar-refractivity contribution in [3.63, 3.8) is 0 Å². The van der Waals surface area contributed by atoms with E-state index in [9.17, 15) is 8.42 Å². The molecule has 0 amide bonds. The molecule has 8 heteroatoms. The highest BCUT2D eigenvalue weighted by atomic mass is 32.2. The molecule has 1 saturated carbocycles. The molecule has 0 bridgehead atoms. The first-order valence-corrected chi connectivity index (χ1v) is 9.04. The molecule has 0 spiro atoms. The average molecular weight is 326 g/mol. The number of anilines is 1. The lowest BCUT2D eigenvalue weighted by Gasteiger charge is -2.36. The molecule has 0 radical (unpaired) electrons. The number of methoxy groups -OCH3 is 1. The summed E-state index contributed by atoms with van der Waals surface area (Å²) in [6.45, 7) is 2.74. The van der Waals surface area contributed by atoms with Crippen LogP contribution in [0.5, 0.6) is 0 Å². The number of nitrogens with zero attached hydrogens (tertiary/aromatic N) is 4. The van der Waals surface area contributed by atoms with Crippen molar-refractivity contribution in [1.29, 1.82) is 0 Å². The molecule has 0 unspecified atom stereocenters. The molecule has 7 nitrogen and oxygen atoms in total. The van der Waals surface area contributed by atoms with Crippen molar-refractivity contribution < 1.29 is 13.2 Å². The average Bonchev–Trinajstić information content (AvgIpc) is 3.35. The lowest BCUT2D eigenvalue weighted by molar-refractivity contribution is 0.191. The molecule has 3 rings (SSSR count). The zero-order valence-electron chi connectivity index (χ0n) is 12.8. The van der Waals surface area contributed by atoms with Crippen molar-refractivity contribution >= 4 is 16.0 Å². The van der Waals surface area contributed by atoms with E-state index in [1.54, 1.807) is 29.9 Å². The molecule has 0 atom stereocenters. The fraction of sp³-hybridized carbons (Fsp3) is 0.714. The Labute approximate surface area is 131 Å². The third kappa shape index (κ3) is 2.82. The first-order valence-electron chi connectivity index (χ1n) is 7.60. The fourth-order valence-electron chi connectivity index (χ4n) is 2.92. The third-order valence-corrected chi connectivity index (χ3v) is 7.28. The summed E-state index contributed by atoms with van der Waals surface area (Å²) in [4.78, 5) is 10.5. The van der Waals surface area contributed by atoms with E-state index in [4.69, 9.17) is 4.74 Å². The second kappa shape index (κ2) is 6.10. The van der Waals surface area contributed by atoms with Gasteiger partial charge in [0, 0.05) is 52.3 Å². The van der Waals surface area contributed by atoms with Gasteiger partial charge in [-0.3, -0.25) is 0 Å². The molecule has 1 aromatic heterocycles. The lowest BCUT2D eigenvalue weighted by atomic mass is 10.3. The van der Waals surface area contributed by atoms with Crippen LogP contribution in [0.25, 0.3) is 0 Å². The SMILES string of the molecule is COCCC1(S(=O)(=O)N2CCN(c3ncccn3)CC2)CC1. The summed E-state index contributed by atoms with van der Waals surface area (Å²) >= 11 is 0. The molecular formula is C14H22N4O3S. The normalized spacial score (nSPS) is 21.8. The van der Waals surface area contributed by atoms with Gasteiger partial charge in [0.2, 0.25) is 16.0 Å². The predicted molar refractivity (Wildman–Crippen MR) is 83.2 cm³/mol. The lowest BCUT2D eigenvalue weighted by Crippen LogP contribution is -2.52. The van der Waals surface area contributed by atoms with E-state index in [1.165, 1.54) is 0 Å². The summed E-state index contributed by atoms with van der Waals surface area (Å²) in [5, 5.41) is 0. The Balaban J connectivity index is 1.64. The van der Waals surface area contributed by atoms with Gasteiger partial charge in [-0.15, -0.1) is 0 Å². The van der Waals surface area contributed by atoms with Gasteiger partial charge in [0.25, 0.3) is 0 Å². The summed E-state index contributed by atoms with van der Waals surface area (Å²) in [6.07, 6.45) is 5.50. The van der Waals surface area contributed by atoms with Crippen LogP contribution in [0.2, 0.25) is 0 Å². The van der Waals surface area contributed by atoms with E-state index in [1.807, 2.05) is 4.90 Å². The maximum Gasteiger partial charge on any atom is 0.225 e. The molecule has 2 aliphatic rings. The van der Waals surface area contributed by atoms with Gasteiger partial charge in [0.15, 0.2) is 0 Å². The molecule has 0 aromatic carbocycles. The van der Waals surface area contributed by atoms with Crippen LogP contribution in [0.3, 0.4) is 0 Å². The smallest absolute Gasteiger partial charge is 0.225 e. The van der Waals surface area contributed by atoms with E-state index >= 15 is 0 Å². The highest BCUT2D eigenvalue weighted by molar-refractivity contribution is 7.90. The van der Waals surface area contributed by atoms with E-state index in [-0.39, 0.29) is 0 Å². The number of piperazine rings is 1. The van der Waals surface area contributed by atoms with Gasteiger partial charge >= 0.3 is 0 Å². The summed E-state index contributed by atoms with van der Waals surface area (Å²) in [6, 6.07) is 1.77. The predicted octanol–water partition coefficient (Wildman–Crippen LogP) is 0.497. The van der Waals surface area contributed by atoms with Gasteiger partial charge in [0.05, 0.1) is 4.75 Å². The van der Waals surface area contributed by atoms with Crippen molar-refractivity contribution in [3.05, 3.63) is 18.5 Å². The quantitative estimate of drug-likeness (QED) is 0.758. The first kappa shape index (κ1) is 15.6. The van der Waals surface area contributed by atoms with Gasteiger partial charge in [-0.25, -0.2) is 18.4 Å². The molecule has 122 valence electrons. The van der Waals surface area contributed by atoms with Crippen LogP contribution in [0.15, 0.2) is 18.5 Å². The van der Waals surface area contributed by atoms with Crippen LogP contribution in [0.4, 0.5) is 5.95 Å². The number of rotatable bonds is 6. The minimum Gasteiger partial charge on any atom is -0.385 e. The Morgan fingerprint density at radius 2 is 1.82 bits per heavy atom. The van der Waals surface area contributed by atoms with Crippen LogP contribution in [0, 0.1) is 0 Å². The summed E-state index contributed by atoms with van der Waals surface area (Å²) in [5.74, 6) is 0.667. The van der Waals surface area contributed by atoms with E-state index in [2.05, 4.69) is 9.97 Å². The maximum absolute atomic E-state index is 12.8. The Kier molecular flexibility index (Phi) is 4.33. The summed E-state index contributed by atoms with van der Waals surface area (Å²) in [7, 11) is -1.63. The van der Waals surface area contributed by atoms with E-state index < -0.39 is 14.8 Å². The molecular weight excluding hydrogens is 304 g/mol.